The van der Waals surface area contributed by atoms with Gasteiger partial charge in [0.05, 0.1) is 24.8 Å². The van der Waals surface area contributed by atoms with Gasteiger partial charge in [-0.3, -0.25) is 0 Å². The first-order valence-corrected chi connectivity index (χ1v) is 6.26. The Kier molecular flexibility index (Phi) is 5.44. The number of hydrogen-bond acceptors (Lipinski definition) is 4. The van der Waals surface area contributed by atoms with Gasteiger partial charge in [0.2, 0.25) is 0 Å². The Balaban J connectivity index is 2.85. The Bertz CT molecular complexity index is 379. The number of aromatic hydroxyl groups is 1. The van der Waals surface area contributed by atoms with Gasteiger partial charge in [0.1, 0.15) is 11.5 Å². The summed E-state index contributed by atoms with van der Waals surface area (Å²) in [6.45, 7) is 4.19. The molecular formula is C14H23NO3. The zero-order valence-corrected chi connectivity index (χ0v) is 11.3. The molecule has 4 nitrogen and oxygen atoms in total. The van der Waals surface area contributed by atoms with Crippen LogP contribution in [0.4, 0.5) is 0 Å². The van der Waals surface area contributed by atoms with Crippen LogP contribution in [0.1, 0.15) is 38.3 Å². The fourth-order valence-electron chi connectivity index (χ4n) is 1.92. The molecule has 0 fully saturated rings. The van der Waals surface area contributed by atoms with Crippen molar-refractivity contribution in [3.8, 4) is 11.5 Å². The number of phenols is 1. The van der Waals surface area contributed by atoms with Crippen molar-refractivity contribution in [2.24, 2.45) is 11.7 Å². The molecular weight excluding hydrogens is 230 g/mol. The average Bonchev–Trinajstić information content (AvgIpc) is 2.34. The average molecular weight is 253 g/mol. The molecule has 0 radical (unpaired) electrons. The van der Waals surface area contributed by atoms with E-state index in [2.05, 4.69) is 13.8 Å². The number of nitrogens with two attached hydrogens (primary N) is 1. The molecule has 0 saturated heterocycles. The van der Waals surface area contributed by atoms with Crippen molar-refractivity contribution < 1.29 is 14.9 Å². The topological polar surface area (TPSA) is 75.7 Å². The van der Waals surface area contributed by atoms with Crippen LogP contribution in [0.25, 0.3) is 0 Å². The Morgan fingerprint density at radius 1 is 1.28 bits per heavy atom. The van der Waals surface area contributed by atoms with Gasteiger partial charge in [0.15, 0.2) is 0 Å². The third kappa shape index (κ3) is 3.62. The van der Waals surface area contributed by atoms with E-state index in [0.29, 0.717) is 23.7 Å². The third-order valence-corrected chi connectivity index (χ3v) is 3.05. The Morgan fingerprint density at radius 3 is 2.50 bits per heavy atom. The molecule has 0 aliphatic rings. The molecule has 18 heavy (non-hydrogen) atoms. The maximum Gasteiger partial charge on any atom is 0.127 e. The number of aliphatic hydroxyl groups excluding tert-OH is 1. The third-order valence-electron chi connectivity index (χ3n) is 3.05. The molecule has 0 aliphatic heterocycles. The minimum atomic E-state index is -0.686. The summed E-state index contributed by atoms with van der Waals surface area (Å²) in [5.41, 5.74) is 6.48. The molecule has 0 saturated carbocycles. The lowest BCUT2D eigenvalue weighted by molar-refractivity contribution is 0.126. The van der Waals surface area contributed by atoms with Gasteiger partial charge in [-0.25, -0.2) is 0 Å². The first kappa shape index (κ1) is 14.8. The lowest BCUT2D eigenvalue weighted by Crippen LogP contribution is -2.27. The normalized spacial score (nSPS) is 14.6. The molecule has 0 heterocycles. The molecule has 0 aromatic heterocycles. The molecule has 4 N–H and O–H groups in total. The van der Waals surface area contributed by atoms with Crippen LogP contribution in [-0.2, 0) is 0 Å². The highest BCUT2D eigenvalue weighted by Gasteiger charge is 2.23. The number of rotatable bonds is 6. The van der Waals surface area contributed by atoms with Crippen molar-refractivity contribution in [1.29, 1.82) is 0 Å². The van der Waals surface area contributed by atoms with E-state index in [1.165, 1.54) is 7.11 Å². The van der Waals surface area contributed by atoms with Crippen LogP contribution in [0.2, 0.25) is 0 Å². The summed E-state index contributed by atoms with van der Waals surface area (Å²) < 4.78 is 5.17. The van der Waals surface area contributed by atoms with Gasteiger partial charge in [0, 0.05) is 0 Å². The summed E-state index contributed by atoms with van der Waals surface area (Å²) in [7, 11) is 1.52. The molecule has 1 rings (SSSR count). The lowest BCUT2D eigenvalue weighted by atomic mass is 9.95. The minimum absolute atomic E-state index is 0.0606. The maximum atomic E-state index is 10.1. The SMILES string of the molecule is COc1cccc(O)c1[C@@H](N)[C@@H](O)CCC(C)C. The van der Waals surface area contributed by atoms with Gasteiger partial charge < -0.3 is 20.7 Å². The molecule has 0 bridgehead atoms. The van der Waals surface area contributed by atoms with Crippen molar-refractivity contribution >= 4 is 0 Å². The second kappa shape index (κ2) is 6.61. The number of ether oxygens (including phenoxy) is 1. The van der Waals surface area contributed by atoms with Crippen LogP contribution < -0.4 is 10.5 Å². The number of benzene rings is 1. The summed E-state index contributed by atoms with van der Waals surface area (Å²) in [6.07, 6.45) is 0.816. The number of hydrogen-bond donors (Lipinski definition) is 3. The predicted octanol–water partition coefficient (Wildman–Crippen LogP) is 2.20. The summed E-state index contributed by atoms with van der Waals surface area (Å²) >= 11 is 0. The Morgan fingerprint density at radius 2 is 1.94 bits per heavy atom. The van der Waals surface area contributed by atoms with Crippen molar-refractivity contribution in [2.75, 3.05) is 7.11 Å². The molecule has 4 heteroatoms. The van der Waals surface area contributed by atoms with Crippen molar-refractivity contribution in [2.45, 2.75) is 38.8 Å². The Labute approximate surface area is 108 Å². The van der Waals surface area contributed by atoms with Crippen molar-refractivity contribution in [3.05, 3.63) is 23.8 Å². The second-order valence-electron chi connectivity index (χ2n) is 4.96. The van der Waals surface area contributed by atoms with E-state index in [4.69, 9.17) is 10.5 Å². The van der Waals surface area contributed by atoms with Crippen LogP contribution in [0.5, 0.6) is 11.5 Å². The van der Waals surface area contributed by atoms with Gasteiger partial charge in [-0.1, -0.05) is 19.9 Å². The standard InChI is InChI=1S/C14H23NO3/c1-9(2)7-8-11(17)14(15)13-10(16)5-4-6-12(13)18-3/h4-6,9,11,14,16-17H,7-8,15H2,1-3H3/t11-,14-/m0/s1. The second-order valence-corrected chi connectivity index (χ2v) is 4.96. The van der Waals surface area contributed by atoms with Crippen molar-refractivity contribution in [3.63, 3.8) is 0 Å². The minimum Gasteiger partial charge on any atom is -0.507 e. The number of aliphatic hydroxyl groups is 1. The largest absolute Gasteiger partial charge is 0.507 e. The van der Waals surface area contributed by atoms with E-state index >= 15 is 0 Å². The predicted molar refractivity (Wildman–Crippen MR) is 71.7 cm³/mol. The molecule has 1 aromatic rings. The van der Waals surface area contributed by atoms with E-state index < -0.39 is 12.1 Å². The van der Waals surface area contributed by atoms with Gasteiger partial charge >= 0.3 is 0 Å². The summed E-state index contributed by atoms with van der Waals surface area (Å²) in [4.78, 5) is 0. The quantitative estimate of drug-likeness (QED) is 0.726. The summed E-state index contributed by atoms with van der Waals surface area (Å²) in [5.74, 6) is 1.08. The zero-order valence-electron chi connectivity index (χ0n) is 11.3. The first-order valence-electron chi connectivity index (χ1n) is 6.26. The van der Waals surface area contributed by atoms with E-state index in [1.807, 2.05) is 0 Å². The molecule has 0 unspecified atom stereocenters. The van der Waals surface area contributed by atoms with E-state index in [9.17, 15) is 10.2 Å². The monoisotopic (exact) mass is 253 g/mol. The van der Waals surface area contributed by atoms with Crippen LogP contribution in [0, 0.1) is 5.92 Å². The first-order chi connectivity index (χ1) is 8.47. The fraction of sp³-hybridized carbons (Fsp3) is 0.571. The van der Waals surface area contributed by atoms with Crippen molar-refractivity contribution in [1.82, 2.24) is 0 Å². The molecule has 1 aromatic carbocycles. The number of methoxy groups -OCH3 is 1. The summed E-state index contributed by atoms with van der Waals surface area (Å²) in [5, 5.41) is 19.9. The van der Waals surface area contributed by atoms with Crippen LogP contribution >= 0.6 is 0 Å². The molecule has 2 atom stereocenters. The number of phenolic OH excluding ortho intramolecular Hbond substituents is 1. The zero-order chi connectivity index (χ0) is 13.7. The molecule has 102 valence electrons. The van der Waals surface area contributed by atoms with Crippen LogP contribution in [-0.4, -0.2) is 23.4 Å². The van der Waals surface area contributed by atoms with E-state index in [1.54, 1.807) is 18.2 Å². The highest BCUT2D eigenvalue weighted by molar-refractivity contribution is 5.46. The van der Waals surface area contributed by atoms with Crippen LogP contribution in [0.15, 0.2) is 18.2 Å². The van der Waals surface area contributed by atoms with Gasteiger partial charge in [-0.05, 0) is 30.9 Å². The summed E-state index contributed by atoms with van der Waals surface area (Å²) in [6, 6.07) is 4.32. The van der Waals surface area contributed by atoms with Crippen LogP contribution in [0.3, 0.4) is 0 Å². The lowest BCUT2D eigenvalue weighted by Gasteiger charge is -2.22. The molecule has 0 aliphatic carbocycles. The maximum absolute atomic E-state index is 10.1. The smallest absolute Gasteiger partial charge is 0.127 e. The van der Waals surface area contributed by atoms with Gasteiger partial charge in [-0.15, -0.1) is 0 Å². The Hall–Kier alpha value is -1.26. The molecule has 0 spiro atoms. The van der Waals surface area contributed by atoms with E-state index in [0.717, 1.165) is 6.42 Å². The fourth-order valence-corrected chi connectivity index (χ4v) is 1.92. The highest BCUT2D eigenvalue weighted by Crippen LogP contribution is 2.34. The highest BCUT2D eigenvalue weighted by atomic mass is 16.5. The van der Waals surface area contributed by atoms with Gasteiger partial charge in [-0.2, -0.15) is 0 Å². The van der Waals surface area contributed by atoms with Gasteiger partial charge in [0.25, 0.3) is 0 Å². The molecule has 0 amide bonds. The van der Waals surface area contributed by atoms with E-state index in [-0.39, 0.29) is 5.75 Å².